The number of carbonyl (C=O) groups is 1. The Bertz CT molecular complexity index is 420. The van der Waals surface area contributed by atoms with E-state index in [9.17, 15) is 9.90 Å². The number of aliphatic hydroxyl groups excluding tert-OH is 1. The van der Waals surface area contributed by atoms with E-state index in [-0.39, 0.29) is 12.6 Å². The van der Waals surface area contributed by atoms with Gasteiger partial charge in [0.05, 0.1) is 5.69 Å². The molecule has 16 heavy (non-hydrogen) atoms. The molecule has 0 spiro atoms. The highest BCUT2D eigenvalue weighted by Gasteiger charge is 2.30. The summed E-state index contributed by atoms with van der Waals surface area (Å²) in [5.74, 6) is 0.350. The number of benzene rings is 1. The lowest BCUT2D eigenvalue weighted by molar-refractivity contribution is -0.126. The first-order chi connectivity index (χ1) is 7.67. The zero-order valence-corrected chi connectivity index (χ0v) is 9.01. The van der Waals surface area contributed by atoms with E-state index in [0.717, 1.165) is 5.56 Å². The van der Waals surface area contributed by atoms with Crippen molar-refractivity contribution in [3.8, 4) is 5.75 Å². The van der Waals surface area contributed by atoms with Crippen LogP contribution in [0.15, 0.2) is 18.2 Å². The molecule has 1 unspecified atom stereocenters. The molecule has 1 aromatic rings. The van der Waals surface area contributed by atoms with Gasteiger partial charge < -0.3 is 15.6 Å². The predicted molar refractivity (Wildman–Crippen MR) is 59.0 cm³/mol. The third-order valence-corrected chi connectivity index (χ3v) is 2.61. The summed E-state index contributed by atoms with van der Waals surface area (Å²) in [6.45, 7) is 1.69. The molecule has 3 N–H and O–H groups in total. The highest BCUT2D eigenvalue weighted by atomic mass is 16.5. The lowest BCUT2D eigenvalue weighted by Crippen LogP contribution is -2.44. The molecule has 0 saturated heterocycles. The van der Waals surface area contributed by atoms with Gasteiger partial charge in [-0.3, -0.25) is 9.69 Å². The molecule has 1 aliphatic heterocycles. The Hall–Kier alpha value is -1.59. The van der Waals surface area contributed by atoms with E-state index in [1.165, 1.54) is 4.90 Å². The van der Waals surface area contributed by atoms with Gasteiger partial charge in [-0.15, -0.1) is 0 Å². The molecule has 0 fully saturated rings. The van der Waals surface area contributed by atoms with Crippen molar-refractivity contribution in [1.29, 1.82) is 0 Å². The normalized spacial score (nSPS) is 19.3. The first-order valence-electron chi connectivity index (χ1n) is 5.09. The Balaban J connectivity index is 2.48. The SMILES string of the molecule is CC1Oc2ccc(CN)cc2N(CO)C1=O. The van der Waals surface area contributed by atoms with Crippen LogP contribution in [-0.2, 0) is 11.3 Å². The van der Waals surface area contributed by atoms with Crippen molar-refractivity contribution in [2.24, 2.45) is 5.73 Å². The van der Waals surface area contributed by atoms with E-state index in [0.29, 0.717) is 18.0 Å². The first kappa shape index (κ1) is 10.9. The summed E-state index contributed by atoms with van der Waals surface area (Å²) in [4.78, 5) is 13.0. The Labute approximate surface area is 93.4 Å². The molecule has 2 rings (SSSR count). The maximum Gasteiger partial charge on any atom is 0.269 e. The van der Waals surface area contributed by atoms with Crippen molar-refractivity contribution in [3.05, 3.63) is 23.8 Å². The number of nitrogens with two attached hydrogens (primary N) is 1. The van der Waals surface area contributed by atoms with Crippen LogP contribution in [0, 0.1) is 0 Å². The number of aliphatic hydroxyl groups is 1. The minimum Gasteiger partial charge on any atom is -0.479 e. The topological polar surface area (TPSA) is 75.8 Å². The Morgan fingerprint density at radius 2 is 2.31 bits per heavy atom. The lowest BCUT2D eigenvalue weighted by atomic mass is 10.1. The van der Waals surface area contributed by atoms with Gasteiger partial charge in [-0.05, 0) is 24.6 Å². The molecule has 5 nitrogen and oxygen atoms in total. The molecule has 0 saturated carbocycles. The average molecular weight is 222 g/mol. The van der Waals surface area contributed by atoms with Gasteiger partial charge in [0.1, 0.15) is 12.5 Å². The molecular weight excluding hydrogens is 208 g/mol. The third kappa shape index (κ3) is 1.64. The molecule has 1 aliphatic rings. The molecule has 0 aromatic heterocycles. The number of rotatable bonds is 2. The Kier molecular flexibility index (Phi) is 2.80. The van der Waals surface area contributed by atoms with Crippen LogP contribution in [0.4, 0.5) is 5.69 Å². The number of anilines is 1. The molecule has 0 radical (unpaired) electrons. The number of nitrogens with zero attached hydrogens (tertiary/aromatic N) is 1. The summed E-state index contributed by atoms with van der Waals surface area (Å²) >= 11 is 0. The summed E-state index contributed by atoms with van der Waals surface area (Å²) < 4.78 is 5.43. The van der Waals surface area contributed by atoms with Crippen LogP contribution in [0.25, 0.3) is 0 Å². The summed E-state index contributed by atoms with van der Waals surface area (Å²) in [6.07, 6.45) is -0.566. The van der Waals surface area contributed by atoms with Crippen molar-refractivity contribution in [2.75, 3.05) is 11.6 Å². The van der Waals surface area contributed by atoms with E-state index < -0.39 is 6.10 Å². The zero-order chi connectivity index (χ0) is 11.7. The van der Waals surface area contributed by atoms with Crippen LogP contribution < -0.4 is 15.4 Å². The van der Waals surface area contributed by atoms with Crippen molar-refractivity contribution in [3.63, 3.8) is 0 Å². The fourth-order valence-corrected chi connectivity index (χ4v) is 1.73. The van der Waals surface area contributed by atoms with Crippen LogP contribution in [-0.4, -0.2) is 23.8 Å². The number of hydrogen-bond donors (Lipinski definition) is 2. The molecule has 86 valence electrons. The van der Waals surface area contributed by atoms with E-state index in [1.807, 2.05) is 6.07 Å². The van der Waals surface area contributed by atoms with E-state index in [4.69, 9.17) is 10.5 Å². The standard InChI is InChI=1S/C11H14N2O3/c1-7-11(15)13(6-14)9-4-8(5-12)2-3-10(9)16-7/h2-4,7,14H,5-6,12H2,1H3. The summed E-state index contributed by atoms with van der Waals surface area (Å²) in [5, 5.41) is 9.21. The van der Waals surface area contributed by atoms with E-state index >= 15 is 0 Å². The second-order valence-corrected chi connectivity index (χ2v) is 3.67. The predicted octanol–water partition coefficient (Wildman–Crippen LogP) is 0.209. The van der Waals surface area contributed by atoms with Gasteiger partial charge in [0, 0.05) is 6.54 Å². The lowest BCUT2D eigenvalue weighted by Gasteiger charge is -2.31. The monoisotopic (exact) mass is 222 g/mol. The van der Waals surface area contributed by atoms with Gasteiger partial charge in [-0.1, -0.05) is 6.07 Å². The number of ether oxygens (including phenoxy) is 1. The smallest absolute Gasteiger partial charge is 0.269 e. The van der Waals surface area contributed by atoms with Crippen LogP contribution in [0.5, 0.6) is 5.75 Å². The van der Waals surface area contributed by atoms with Crippen molar-refractivity contribution in [2.45, 2.75) is 19.6 Å². The summed E-state index contributed by atoms with van der Waals surface area (Å²) in [5.41, 5.74) is 6.99. The molecule has 5 heteroatoms. The van der Waals surface area contributed by atoms with Crippen LogP contribution in [0.2, 0.25) is 0 Å². The molecule has 1 heterocycles. The van der Waals surface area contributed by atoms with Gasteiger partial charge in [0.25, 0.3) is 5.91 Å². The number of fused-ring (bicyclic) bond motifs is 1. The summed E-state index contributed by atoms with van der Waals surface area (Å²) in [6, 6.07) is 5.37. The third-order valence-electron chi connectivity index (χ3n) is 2.61. The summed E-state index contributed by atoms with van der Waals surface area (Å²) in [7, 11) is 0. The molecule has 1 atom stereocenters. The van der Waals surface area contributed by atoms with Crippen molar-refractivity contribution < 1.29 is 14.6 Å². The van der Waals surface area contributed by atoms with Gasteiger partial charge in [0.15, 0.2) is 6.10 Å². The second-order valence-electron chi connectivity index (χ2n) is 3.67. The molecule has 0 aliphatic carbocycles. The minimum absolute atomic E-state index is 0.246. The maximum atomic E-state index is 11.7. The Morgan fingerprint density at radius 1 is 1.56 bits per heavy atom. The van der Waals surface area contributed by atoms with Gasteiger partial charge in [-0.25, -0.2) is 0 Å². The Morgan fingerprint density at radius 3 is 2.94 bits per heavy atom. The first-order valence-corrected chi connectivity index (χ1v) is 5.09. The molecule has 0 bridgehead atoms. The molecular formula is C11H14N2O3. The van der Waals surface area contributed by atoms with Crippen LogP contribution >= 0.6 is 0 Å². The number of carbonyl (C=O) groups excluding carboxylic acids is 1. The fourth-order valence-electron chi connectivity index (χ4n) is 1.73. The van der Waals surface area contributed by atoms with Crippen molar-refractivity contribution in [1.82, 2.24) is 0 Å². The van der Waals surface area contributed by atoms with Crippen LogP contribution in [0.1, 0.15) is 12.5 Å². The molecule has 1 aromatic carbocycles. The van der Waals surface area contributed by atoms with Crippen molar-refractivity contribution >= 4 is 11.6 Å². The largest absolute Gasteiger partial charge is 0.479 e. The molecule has 1 amide bonds. The highest BCUT2D eigenvalue weighted by Crippen LogP contribution is 2.34. The van der Waals surface area contributed by atoms with E-state index in [1.54, 1.807) is 19.1 Å². The van der Waals surface area contributed by atoms with E-state index in [2.05, 4.69) is 0 Å². The zero-order valence-electron chi connectivity index (χ0n) is 9.01. The second kappa shape index (κ2) is 4.11. The van der Waals surface area contributed by atoms with Gasteiger partial charge in [0.2, 0.25) is 0 Å². The van der Waals surface area contributed by atoms with Gasteiger partial charge >= 0.3 is 0 Å². The maximum absolute atomic E-state index is 11.7. The average Bonchev–Trinajstić information content (AvgIpc) is 2.30. The number of hydrogen-bond acceptors (Lipinski definition) is 4. The highest BCUT2D eigenvalue weighted by molar-refractivity contribution is 5.99. The fraction of sp³-hybridized carbons (Fsp3) is 0.364. The minimum atomic E-state index is -0.566. The van der Waals surface area contributed by atoms with Crippen LogP contribution in [0.3, 0.4) is 0 Å². The van der Waals surface area contributed by atoms with Gasteiger partial charge in [-0.2, -0.15) is 0 Å². The number of amides is 1. The quantitative estimate of drug-likeness (QED) is 0.750.